The van der Waals surface area contributed by atoms with Crippen molar-refractivity contribution < 1.29 is 23.0 Å². The number of nitrogens with one attached hydrogen (secondary N) is 1. The number of benzene rings is 2. The zero-order valence-corrected chi connectivity index (χ0v) is 17.2. The van der Waals surface area contributed by atoms with Gasteiger partial charge in [-0.25, -0.2) is 0 Å². The lowest BCUT2D eigenvalue weighted by molar-refractivity contribution is -0.0493. The van der Waals surface area contributed by atoms with Gasteiger partial charge in [0.2, 0.25) is 0 Å². The van der Waals surface area contributed by atoms with Gasteiger partial charge in [0.25, 0.3) is 5.91 Å². The minimum Gasteiger partial charge on any atom is -0.489 e. The van der Waals surface area contributed by atoms with Crippen molar-refractivity contribution in [1.82, 2.24) is 0 Å². The predicted octanol–water partition coefficient (Wildman–Crippen LogP) is 6.45. The number of thiophene rings is 1. The summed E-state index contributed by atoms with van der Waals surface area (Å²) in [6.07, 6.45) is 0. The molecule has 2 aromatic carbocycles. The van der Waals surface area contributed by atoms with Crippen molar-refractivity contribution in [2.75, 3.05) is 5.32 Å². The van der Waals surface area contributed by atoms with Crippen LogP contribution in [0, 0.1) is 13.8 Å². The first-order valence-corrected chi connectivity index (χ1v) is 9.91. The summed E-state index contributed by atoms with van der Waals surface area (Å²) < 4.78 is 35.4. The Morgan fingerprint density at radius 3 is 2.69 bits per heavy atom. The highest BCUT2D eigenvalue weighted by Crippen LogP contribution is 2.29. The first kappa shape index (κ1) is 21.1. The van der Waals surface area contributed by atoms with E-state index < -0.39 is 12.5 Å². The molecule has 0 fully saturated rings. The Bertz CT molecular complexity index is 1020. The van der Waals surface area contributed by atoms with Crippen LogP contribution in [0.1, 0.15) is 26.4 Å². The molecular weight excluding hydrogens is 420 g/mol. The molecule has 0 aliphatic rings. The number of carbonyl (C=O) groups is 1. The van der Waals surface area contributed by atoms with E-state index in [0.717, 1.165) is 16.7 Å². The van der Waals surface area contributed by atoms with Crippen molar-refractivity contribution in [3.8, 4) is 11.5 Å². The van der Waals surface area contributed by atoms with E-state index in [1.807, 2.05) is 18.4 Å². The van der Waals surface area contributed by atoms with E-state index in [1.54, 1.807) is 37.3 Å². The van der Waals surface area contributed by atoms with E-state index in [1.165, 1.54) is 17.4 Å². The van der Waals surface area contributed by atoms with E-state index >= 15 is 0 Å². The normalized spacial score (nSPS) is 10.8. The van der Waals surface area contributed by atoms with Gasteiger partial charge in [0.15, 0.2) is 0 Å². The summed E-state index contributed by atoms with van der Waals surface area (Å²) in [6.45, 7) is 0.991. The molecule has 3 aromatic rings. The van der Waals surface area contributed by atoms with Gasteiger partial charge in [-0.15, -0.1) is 11.3 Å². The van der Waals surface area contributed by atoms with Gasteiger partial charge in [0, 0.05) is 10.6 Å². The van der Waals surface area contributed by atoms with Crippen LogP contribution in [-0.2, 0) is 6.61 Å². The van der Waals surface area contributed by atoms with E-state index in [4.69, 9.17) is 16.3 Å². The van der Waals surface area contributed by atoms with Crippen molar-refractivity contribution in [2.24, 2.45) is 0 Å². The van der Waals surface area contributed by atoms with Crippen LogP contribution in [0.4, 0.5) is 14.5 Å². The van der Waals surface area contributed by atoms with Gasteiger partial charge in [-0.1, -0.05) is 17.7 Å². The molecule has 0 bridgehead atoms. The number of ether oxygens (including phenoxy) is 2. The van der Waals surface area contributed by atoms with Crippen molar-refractivity contribution in [3.05, 3.63) is 74.4 Å². The highest BCUT2D eigenvalue weighted by Gasteiger charge is 2.15. The van der Waals surface area contributed by atoms with Crippen LogP contribution in [0.15, 0.2) is 47.8 Å². The number of anilines is 1. The fourth-order valence-corrected chi connectivity index (χ4v) is 3.48. The van der Waals surface area contributed by atoms with E-state index in [0.29, 0.717) is 15.6 Å². The fraction of sp³-hybridized carbons (Fsp3) is 0.190. The van der Waals surface area contributed by atoms with Gasteiger partial charge < -0.3 is 14.8 Å². The molecule has 0 aliphatic carbocycles. The van der Waals surface area contributed by atoms with Crippen molar-refractivity contribution in [2.45, 2.75) is 27.1 Å². The molecule has 152 valence electrons. The summed E-state index contributed by atoms with van der Waals surface area (Å²) in [4.78, 5) is 13.0. The molecule has 29 heavy (non-hydrogen) atoms. The number of alkyl halides is 2. The highest BCUT2D eigenvalue weighted by molar-refractivity contribution is 7.12. The van der Waals surface area contributed by atoms with Gasteiger partial charge in [0.1, 0.15) is 18.1 Å². The second kappa shape index (κ2) is 9.24. The molecule has 0 radical (unpaired) electrons. The minimum atomic E-state index is -2.98. The van der Waals surface area contributed by atoms with E-state index in [9.17, 15) is 13.6 Å². The summed E-state index contributed by atoms with van der Waals surface area (Å²) >= 11 is 7.24. The largest absolute Gasteiger partial charge is 0.489 e. The molecule has 0 saturated carbocycles. The molecule has 1 N–H and O–H groups in total. The molecule has 3 rings (SSSR count). The molecule has 4 nitrogen and oxygen atoms in total. The number of aryl methyl sites for hydroxylation is 2. The van der Waals surface area contributed by atoms with Gasteiger partial charge in [-0.2, -0.15) is 8.78 Å². The van der Waals surface area contributed by atoms with Gasteiger partial charge in [0.05, 0.1) is 10.6 Å². The van der Waals surface area contributed by atoms with E-state index in [-0.39, 0.29) is 18.0 Å². The summed E-state index contributed by atoms with van der Waals surface area (Å²) in [5.74, 6) is 0.183. The lowest BCUT2D eigenvalue weighted by Gasteiger charge is -2.12. The Morgan fingerprint density at radius 1 is 1.17 bits per heavy atom. The second-order valence-corrected chi connectivity index (χ2v) is 7.67. The smallest absolute Gasteiger partial charge is 0.387 e. The third-order valence-electron chi connectivity index (χ3n) is 4.01. The fourth-order valence-electron chi connectivity index (χ4n) is 2.57. The first-order valence-electron chi connectivity index (χ1n) is 8.65. The molecule has 0 saturated heterocycles. The number of amides is 1. The number of halogens is 3. The molecule has 1 aromatic heterocycles. The quantitative estimate of drug-likeness (QED) is 0.462. The molecule has 1 amide bonds. The summed E-state index contributed by atoms with van der Waals surface area (Å²) in [7, 11) is 0. The Morgan fingerprint density at radius 2 is 1.97 bits per heavy atom. The van der Waals surface area contributed by atoms with Gasteiger partial charge >= 0.3 is 6.61 Å². The van der Waals surface area contributed by atoms with Crippen LogP contribution in [0.3, 0.4) is 0 Å². The Labute approximate surface area is 176 Å². The monoisotopic (exact) mass is 437 g/mol. The third kappa shape index (κ3) is 5.68. The zero-order chi connectivity index (χ0) is 21.0. The number of carbonyl (C=O) groups excluding carboxylic acids is 1. The molecule has 1 heterocycles. The van der Waals surface area contributed by atoms with Crippen molar-refractivity contribution >= 4 is 34.5 Å². The molecule has 0 unspecified atom stereocenters. The van der Waals surface area contributed by atoms with Crippen LogP contribution < -0.4 is 14.8 Å². The topological polar surface area (TPSA) is 47.6 Å². The van der Waals surface area contributed by atoms with Gasteiger partial charge in [-0.3, -0.25) is 4.79 Å². The maximum atomic E-state index is 12.6. The standard InChI is InChI=1S/C21H18ClF2NO3S/c1-12-3-6-18(28-21(23)24)17(7-12)25-20(26)19-9-14(11-29-19)10-27-15-4-5-16(22)13(2)8-15/h3-9,11,21H,10H2,1-2H3,(H,25,26). The van der Waals surface area contributed by atoms with Crippen LogP contribution in [0.25, 0.3) is 0 Å². The molecular formula is C21H18ClF2NO3S. The third-order valence-corrected chi connectivity index (χ3v) is 5.41. The molecule has 8 heteroatoms. The minimum absolute atomic E-state index is 0.0860. The van der Waals surface area contributed by atoms with Crippen LogP contribution >= 0.6 is 22.9 Å². The number of hydrogen-bond acceptors (Lipinski definition) is 4. The Hall–Kier alpha value is -2.64. The predicted molar refractivity (Wildman–Crippen MR) is 111 cm³/mol. The number of hydrogen-bond donors (Lipinski definition) is 1. The Kier molecular flexibility index (Phi) is 6.71. The van der Waals surface area contributed by atoms with Crippen LogP contribution in [0.2, 0.25) is 5.02 Å². The van der Waals surface area contributed by atoms with E-state index in [2.05, 4.69) is 10.1 Å². The van der Waals surface area contributed by atoms with Gasteiger partial charge in [-0.05, 0) is 66.8 Å². The van der Waals surface area contributed by atoms with Crippen molar-refractivity contribution in [3.63, 3.8) is 0 Å². The Balaban J connectivity index is 1.66. The highest BCUT2D eigenvalue weighted by atomic mass is 35.5. The second-order valence-electron chi connectivity index (χ2n) is 6.35. The maximum absolute atomic E-state index is 12.6. The average Bonchev–Trinajstić information content (AvgIpc) is 3.14. The lowest BCUT2D eigenvalue weighted by atomic mass is 10.2. The SMILES string of the molecule is Cc1ccc(OC(F)F)c(NC(=O)c2cc(COc3ccc(Cl)c(C)c3)cs2)c1. The van der Waals surface area contributed by atoms with Crippen LogP contribution in [-0.4, -0.2) is 12.5 Å². The lowest BCUT2D eigenvalue weighted by Crippen LogP contribution is -2.13. The summed E-state index contributed by atoms with van der Waals surface area (Å²) in [6, 6.07) is 11.7. The summed E-state index contributed by atoms with van der Waals surface area (Å²) in [5, 5.41) is 5.11. The van der Waals surface area contributed by atoms with Crippen molar-refractivity contribution in [1.29, 1.82) is 0 Å². The molecule has 0 atom stereocenters. The number of rotatable bonds is 7. The van der Waals surface area contributed by atoms with Crippen LogP contribution in [0.5, 0.6) is 11.5 Å². The summed E-state index contributed by atoms with van der Waals surface area (Å²) in [5.41, 5.74) is 2.73. The molecule has 0 aliphatic heterocycles. The first-order chi connectivity index (χ1) is 13.8. The maximum Gasteiger partial charge on any atom is 0.387 e. The average molecular weight is 438 g/mol. The zero-order valence-electron chi connectivity index (χ0n) is 15.7. The molecule has 0 spiro atoms.